The number of aryl methyl sites for hydroxylation is 1. The van der Waals surface area contributed by atoms with Gasteiger partial charge >= 0.3 is 0 Å². The Morgan fingerprint density at radius 3 is 2.66 bits per heavy atom. The van der Waals surface area contributed by atoms with Crippen LogP contribution in [0.1, 0.15) is 27.7 Å². The summed E-state index contributed by atoms with van der Waals surface area (Å²) in [7, 11) is 0. The van der Waals surface area contributed by atoms with Crippen molar-refractivity contribution < 1.29 is 13.9 Å². The number of hydrogen-bond acceptors (Lipinski definition) is 4. The Morgan fingerprint density at radius 1 is 1.17 bits per heavy atom. The highest BCUT2D eigenvalue weighted by Crippen LogP contribution is 2.23. The molecule has 0 bridgehead atoms. The Kier molecular flexibility index (Phi) is 5.83. The van der Waals surface area contributed by atoms with Crippen LogP contribution in [0.25, 0.3) is 10.9 Å². The largest absolute Gasteiger partial charge is 0.379 e. The number of ether oxygens (including phenoxy) is 1. The van der Waals surface area contributed by atoms with Crippen molar-refractivity contribution >= 4 is 16.8 Å². The van der Waals surface area contributed by atoms with Crippen LogP contribution in [0.4, 0.5) is 4.39 Å². The Labute approximate surface area is 169 Å². The number of carbonyl (C=O) groups excluding carboxylic acids is 1. The third-order valence-electron chi connectivity index (χ3n) is 5.29. The molecule has 1 aliphatic rings. The fourth-order valence-electron chi connectivity index (χ4n) is 3.81. The average molecular weight is 393 g/mol. The number of hydrogen-bond donors (Lipinski definition) is 1. The number of amides is 1. The van der Waals surface area contributed by atoms with E-state index in [4.69, 9.17) is 4.74 Å². The van der Waals surface area contributed by atoms with Crippen molar-refractivity contribution in [1.29, 1.82) is 0 Å². The molecule has 1 aromatic heterocycles. The molecule has 1 saturated heterocycles. The molecule has 2 heterocycles. The first-order valence-corrected chi connectivity index (χ1v) is 9.83. The third kappa shape index (κ3) is 4.44. The van der Waals surface area contributed by atoms with Crippen LogP contribution in [-0.2, 0) is 4.74 Å². The van der Waals surface area contributed by atoms with Crippen molar-refractivity contribution in [3.8, 4) is 0 Å². The van der Waals surface area contributed by atoms with E-state index in [1.807, 2.05) is 37.3 Å². The molecule has 6 heteroatoms. The van der Waals surface area contributed by atoms with E-state index in [2.05, 4.69) is 15.2 Å². The van der Waals surface area contributed by atoms with Gasteiger partial charge in [-0.25, -0.2) is 4.39 Å². The SMILES string of the molecule is Cc1cc(C(=O)NCC(c2ccc(F)cc2)N2CCOCC2)c2ccccc2n1. The molecule has 29 heavy (non-hydrogen) atoms. The van der Waals surface area contributed by atoms with Gasteiger partial charge in [-0.15, -0.1) is 0 Å². The average Bonchev–Trinajstić information content (AvgIpc) is 2.75. The lowest BCUT2D eigenvalue weighted by Crippen LogP contribution is -2.43. The zero-order valence-corrected chi connectivity index (χ0v) is 16.4. The number of benzene rings is 2. The lowest BCUT2D eigenvalue weighted by atomic mass is 10.0. The second-order valence-corrected chi connectivity index (χ2v) is 7.25. The van der Waals surface area contributed by atoms with Crippen molar-refractivity contribution in [2.24, 2.45) is 0 Å². The molecule has 1 aliphatic heterocycles. The Hall–Kier alpha value is -2.83. The fraction of sp³-hybridized carbons (Fsp3) is 0.304. The number of para-hydroxylation sites is 1. The minimum absolute atomic E-state index is 0.0438. The van der Waals surface area contributed by atoms with Gasteiger partial charge in [0.05, 0.1) is 30.3 Å². The van der Waals surface area contributed by atoms with Gasteiger partial charge in [0, 0.05) is 30.7 Å². The van der Waals surface area contributed by atoms with Crippen LogP contribution in [0, 0.1) is 12.7 Å². The third-order valence-corrected chi connectivity index (χ3v) is 5.29. The summed E-state index contributed by atoms with van der Waals surface area (Å²) in [5.74, 6) is -0.399. The van der Waals surface area contributed by atoms with Crippen LogP contribution >= 0.6 is 0 Å². The monoisotopic (exact) mass is 393 g/mol. The number of nitrogens with zero attached hydrogens (tertiary/aromatic N) is 2. The first-order valence-electron chi connectivity index (χ1n) is 9.83. The summed E-state index contributed by atoms with van der Waals surface area (Å²) in [5.41, 5.74) is 3.20. The van der Waals surface area contributed by atoms with Crippen LogP contribution in [-0.4, -0.2) is 48.6 Å². The molecule has 1 amide bonds. The number of rotatable bonds is 5. The molecule has 1 fully saturated rings. The van der Waals surface area contributed by atoms with E-state index in [9.17, 15) is 9.18 Å². The standard InChI is InChI=1S/C23H24FN3O2/c1-16-14-20(19-4-2-3-5-21(19)26-16)23(28)25-15-22(27-10-12-29-13-11-27)17-6-8-18(24)9-7-17/h2-9,14,22H,10-13,15H2,1H3,(H,25,28). The lowest BCUT2D eigenvalue weighted by Gasteiger charge is -2.35. The molecule has 3 aromatic rings. The van der Waals surface area contributed by atoms with Crippen LogP contribution in [0.2, 0.25) is 0 Å². The topological polar surface area (TPSA) is 54.5 Å². The van der Waals surface area contributed by atoms with Gasteiger partial charge < -0.3 is 10.1 Å². The predicted octanol–water partition coefficient (Wildman–Crippen LogP) is 3.49. The van der Waals surface area contributed by atoms with Crippen molar-refractivity contribution in [2.45, 2.75) is 13.0 Å². The predicted molar refractivity (Wildman–Crippen MR) is 110 cm³/mol. The maximum Gasteiger partial charge on any atom is 0.252 e. The van der Waals surface area contributed by atoms with Gasteiger partial charge in [0.15, 0.2) is 0 Å². The Bertz CT molecular complexity index is 1000. The smallest absolute Gasteiger partial charge is 0.252 e. The zero-order valence-electron chi connectivity index (χ0n) is 16.4. The molecule has 0 radical (unpaired) electrons. The number of morpholine rings is 1. The first kappa shape index (κ1) is 19.5. The van der Waals surface area contributed by atoms with Crippen LogP contribution in [0.3, 0.4) is 0 Å². The van der Waals surface area contributed by atoms with E-state index in [0.29, 0.717) is 25.3 Å². The summed E-state index contributed by atoms with van der Waals surface area (Å²) < 4.78 is 18.9. The highest BCUT2D eigenvalue weighted by Gasteiger charge is 2.24. The summed E-state index contributed by atoms with van der Waals surface area (Å²) in [5, 5.41) is 3.92. The summed E-state index contributed by atoms with van der Waals surface area (Å²) in [6.45, 7) is 5.17. The van der Waals surface area contributed by atoms with Crippen molar-refractivity contribution in [3.63, 3.8) is 0 Å². The van der Waals surface area contributed by atoms with E-state index in [1.54, 1.807) is 12.1 Å². The molecule has 5 nitrogen and oxygen atoms in total. The zero-order chi connectivity index (χ0) is 20.2. The van der Waals surface area contributed by atoms with Gasteiger partial charge in [-0.2, -0.15) is 0 Å². The van der Waals surface area contributed by atoms with Gasteiger partial charge in [0.25, 0.3) is 5.91 Å². The number of pyridine rings is 1. The molecule has 1 unspecified atom stereocenters. The normalized spacial score (nSPS) is 15.9. The van der Waals surface area contributed by atoms with Gasteiger partial charge in [-0.1, -0.05) is 30.3 Å². The summed E-state index contributed by atoms with van der Waals surface area (Å²) in [4.78, 5) is 19.8. The second kappa shape index (κ2) is 8.68. The molecule has 2 aromatic carbocycles. The van der Waals surface area contributed by atoms with Crippen molar-refractivity contribution in [3.05, 3.63) is 77.2 Å². The molecule has 4 rings (SSSR count). The van der Waals surface area contributed by atoms with Gasteiger partial charge in [0.1, 0.15) is 5.82 Å². The molecule has 0 saturated carbocycles. The van der Waals surface area contributed by atoms with Crippen molar-refractivity contribution in [2.75, 3.05) is 32.8 Å². The quantitative estimate of drug-likeness (QED) is 0.721. The molecular weight excluding hydrogens is 369 g/mol. The lowest BCUT2D eigenvalue weighted by molar-refractivity contribution is 0.0162. The molecular formula is C23H24FN3O2. The van der Waals surface area contributed by atoms with Crippen LogP contribution in [0.15, 0.2) is 54.6 Å². The van der Waals surface area contributed by atoms with Gasteiger partial charge in [-0.05, 0) is 36.8 Å². The minimum Gasteiger partial charge on any atom is -0.379 e. The maximum absolute atomic E-state index is 13.4. The number of halogens is 1. The van der Waals surface area contributed by atoms with Crippen molar-refractivity contribution in [1.82, 2.24) is 15.2 Å². The molecule has 1 N–H and O–H groups in total. The van der Waals surface area contributed by atoms with E-state index in [-0.39, 0.29) is 17.8 Å². The van der Waals surface area contributed by atoms with E-state index in [1.165, 1.54) is 12.1 Å². The maximum atomic E-state index is 13.4. The Balaban J connectivity index is 1.57. The van der Waals surface area contributed by atoms with Crippen LogP contribution in [0.5, 0.6) is 0 Å². The molecule has 0 spiro atoms. The number of fused-ring (bicyclic) bond motifs is 1. The number of nitrogens with one attached hydrogen (secondary N) is 1. The highest BCUT2D eigenvalue weighted by atomic mass is 19.1. The van der Waals surface area contributed by atoms with E-state index < -0.39 is 0 Å². The minimum atomic E-state index is -0.266. The second-order valence-electron chi connectivity index (χ2n) is 7.25. The van der Waals surface area contributed by atoms with E-state index >= 15 is 0 Å². The molecule has 150 valence electrons. The summed E-state index contributed by atoms with van der Waals surface area (Å²) >= 11 is 0. The summed E-state index contributed by atoms with van der Waals surface area (Å²) in [6.07, 6.45) is 0. The fourth-order valence-corrected chi connectivity index (χ4v) is 3.81. The van der Waals surface area contributed by atoms with Gasteiger partial charge in [-0.3, -0.25) is 14.7 Å². The Morgan fingerprint density at radius 2 is 1.90 bits per heavy atom. The highest BCUT2D eigenvalue weighted by molar-refractivity contribution is 6.06. The number of carbonyl (C=O) groups is 1. The van der Waals surface area contributed by atoms with E-state index in [0.717, 1.165) is 35.2 Å². The van der Waals surface area contributed by atoms with Crippen LogP contribution < -0.4 is 5.32 Å². The molecule has 1 atom stereocenters. The first-order chi connectivity index (χ1) is 14.1. The summed E-state index contributed by atoms with van der Waals surface area (Å²) in [6, 6.07) is 15.9. The number of aromatic nitrogens is 1. The van der Waals surface area contributed by atoms with Gasteiger partial charge in [0.2, 0.25) is 0 Å². The molecule has 0 aliphatic carbocycles.